The van der Waals surface area contributed by atoms with Gasteiger partial charge in [-0.25, -0.2) is 4.39 Å². The summed E-state index contributed by atoms with van der Waals surface area (Å²) in [4.78, 5) is 22.3. The van der Waals surface area contributed by atoms with Gasteiger partial charge in [-0.15, -0.1) is 0 Å². The Kier molecular flexibility index (Phi) is 4.88. The van der Waals surface area contributed by atoms with Gasteiger partial charge >= 0.3 is 0 Å². The first kappa shape index (κ1) is 15.8. The van der Waals surface area contributed by atoms with Crippen molar-refractivity contribution < 1.29 is 14.1 Å². The Morgan fingerprint density at radius 1 is 1.29 bits per heavy atom. The highest BCUT2D eigenvalue weighted by Gasteiger charge is 2.16. The lowest BCUT2D eigenvalue weighted by atomic mass is 10.2. The molecule has 0 saturated heterocycles. The number of nitrogens with zero attached hydrogens (tertiary/aromatic N) is 1. The largest absolute Gasteiger partial charge is 0.322 e. The first-order valence-corrected chi connectivity index (χ1v) is 7.46. The van der Waals surface area contributed by atoms with E-state index in [1.54, 1.807) is 0 Å². The minimum atomic E-state index is -0.568. The monoisotopic (exact) mass is 464 g/mol. The molecule has 2 aromatic carbocycles. The zero-order chi connectivity index (χ0) is 15.6. The molecule has 0 heterocycles. The normalized spacial score (nSPS) is 10.2. The van der Waals surface area contributed by atoms with Crippen LogP contribution in [0.3, 0.4) is 0 Å². The molecule has 0 aliphatic rings. The molecule has 0 aliphatic heterocycles. The highest BCUT2D eigenvalue weighted by Crippen LogP contribution is 2.23. The second kappa shape index (κ2) is 6.48. The van der Waals surface area contributed by atoms with Crippen molar-refractivity contribution in [2.45, 2.75) is 0 Å². The summed E-state index contributed by atoms with van der Waals surface area (Å²) >= 11 is 4.94. The Bertz CT molecular complexity index is 739. The van der Waals surface area contributed by atoms with Crippen LogP contribution in [0.25, 0.3) is 0 Å². The summed E-state index contributed by atoms with van der Waals surface area (Å²) in [5.74, 6) is -0.945. The molecule has 108 valence electrons. The van der Waals surface area contributed by atoms with E-state index in [1.165, 1.54) is 36.4 Å². The number of rotatable bonds is 3. The summed E-state index contributed by atoms with van der Waals surface area (Å²) in [5.41, 5.74) is 0.404. The van der Waals surface area contributed by atoms with E-state index in [0.717, 1.165) is 0 Å². The number of amides is 1. The lowest BCUT2D eigenvalue weighted by molar-refractivity contribution is -0.384. The van der Waals surface area contributed by atoms with Crippen molar-refractivity contribution in [1.82, 2.24) is 0 Å². The van der Waals surface area contributed by atoms with E-state index in [1.807, 2.05) is 22.6 Å². The molecule has 5 nitrogen and oxygen atoms in total. The minimum absolute atomic E-state index is 0.166. The van der Waals surface area contributed by atoms with Gasteiger partial charge in [0.25, 0.3) is 11.6 Å². The first-order valence-electron chi connectivity index (χ1n) is 5.59. The summed E-state index contributed by atoms with van der Waals surface area (Å²) in [6.07, 6.45) is 0. The predicted molar refractivity (Wildman–Crippen MR) is 87.9 cm³/mol. The smallest absolute Gasteiger partial charge is 0.270 e. The topological polar surface area (TPSA) is 72.2 Å². The SMILES string of the molecule is O=C(Nc1ccc(F)c(Br)c1)c1cc([N+](=O)[O-])ccc1I. The fourth-order valence-corrected chi connectivity index (χ4v) is 2.53. The van der Waals surface area contributed by atoms with Crippen LogP contribution < -0.4 is 5.32 Å². The number of carbonyl (C=O) groups is 1. The molecule has 8 heteroatoms. The van der Waals surface area contributed by atoms with E-state index in [-0.39, 0.29) is 15.7 Å². The minimum Gasteiger partial charge on any atom is -0.322 e. The molecule has 2 aromatic rings. The van der Waals surface area contributed by atoms with E-state index < -0.39 is 16.6 Å². The van der Waals surface area contributed by atoms with Crippen LogP contribution in [0.15, 0.2) is 40.9 Å². The molecule has 0 fully saturated rings. The number of hydrogen-bond acceptors (Lipinski definition) is 3. The third-order valence-electron chi connectivity index (χ3n) is 2.58. The van der Waals surface area contributed by atoms with Crippen molar-refractivity contribution in [3.8, 4) is 0 Å². The Morgan fingerprint density at radius 2 is 2.00 bits per heavy atom. The lowest BCUT2D eigenvalue weighted by Crippen LogP contribution is -2.13. The molecule has 21 heavy (non-hydrogen) atoms. The van der Waals surface area contributed by atoms with Crippen molar-refractivity contribution in [2.75, 3.05) is 5.32 Å². The summed E-state index contributed by atoms with van der Waals surface area (Å²) in [6.45, 7) is 0. The molecule has 0 atom stereocenters. The number of halogens is 3. The molecule has 0 aromatic heterocycles. The van der Waals surface area contributed by atoms with Crippen molar-refractivity contribution >= 4 is 55.8 Å². The average molecular weight is 465 g/mol. The molecule has 0 radical (unpaired) electrons. The van der Waals surface area contributed by atoms with Gasteiger partial charge in [0.1, 0.15) is 5.82 Å². The van der Waals surface area contributed by atoms with Crippen molar-refractivity contribution in [2.24, 2.45) is 0 Å². The lowest BCUT2D eigenvalue weighted by Gasteiger charge is -2.07. The van der Waals surface area contributed by atoms with Crippen LogP contribution in [0.5, 0.6) is 0 Å². The zero-order valence-electron chi connectivity index (χ0n) is 10.3. The Morgan fingerprint density at radius 3 is 2.62 bits per heavy atom. The Balaban J connectivity index is 2.29. The predicted octanol–water partition coefficient (Wildman–Crippen LogP) is 4.35. The second-order valence-corrected chi connectivity index (χ2v) is 6.02. The average Bonchev–Trinajstić information content (AvgIpc) is 2.43. The van der Waals surface area contributed by atoms with Gasteiger partial charge < -0.3 is 5.32 Å². The fraction of sp³-hybridized carbons (Fsp3) is 0. The van der Waals surface area contributed by atoms with Gasteiger partial charge in [-0.2, -0.15) is 0 Å². The van der Waals surface area contributed by atoms with Gasteiger partial charge in [-0.05, 0) is 62.8 Å². The van der Waals surface area contributed by atoms with E-state index >= 15 is 0 Å². The van der Waals surface area contributed by atoms with Gasteiger partial charge in [-0.3, -0.25) is 14.9 Å². The van der Waals surface area contributed by atoms with Crippen LogP contribution >= 0.6 is 38.5 Å². The number of carbonyl (C=O) groups excluding carboxylic acids is 1. The van der Waals surface area contributed by atoms with Crippen LogP contribution in [0, 0.1) is 19.5 Å². The van der Waals surface area contributed by atoms with Crippen molar-refractivity contribution in [1.29, 1.82) is 0 Å². The number of nitrogens with one attached hydrogen (secondary N) is 1. The Hall–Kier alpha value is -1.55. The van der Waals surface area contributed by atoms with Gasteiger partial charge in [0.15, 0.2) is 0 Å². The maximum absolute atomic E-state index is 13.1. The van der Waals surface area contributed by atoms with E-state index in [9.17, 15) is 19.3 Å². The quantitative estimate of drug-likeness (QED) is 0.417. The maximum Gasteiger partial charge on any atom is 0.270 e. The first-order chi connectivity index (χ1) is 9.88. The molecule has 1 N–H and O–H groups in total. The molecule has 0 spiro atoms. The number of benzene rings is 2. The summed E-state index contributed by atoms with van der Waals surface area (Å²) in [6, 6.07) is 8.05. The third kappa shape index (κ3) is 3.76. The van der Waals surface area contributed by atoms with Crippen LogP contribution in [0.1, 0.15) is 10.4 Å². The number of hydrogen-bond donors (Lipinski definition) is 1. The fourth-order valence-electron chi connectivity index (χ4n) is 1.57. The van der Waals surface area contributed by atoms with Gasteiger partial charge in [-0.1, -0.05) is 0 Å². The van der Waals surface area contributed by atoms with Crippen molar-refractivity contribution in [3.63, 3.8) is 0 Å². The molecular weight excluding hydrogens is 458 g/mol. The highest BCUT2D eigenvalue weighted by molar-refractivity contribution is 14.1. The number of anilines is 1. The highest BCUT2D eigenvalue weighted by atomic mass is 127. The molecule has 0 saturated carbocycles. The van der Waals surface area contributed by atoms with Crippen molar-refractivity contribution in [3.05, 3.63) is 65.9 Å². The van der Waals surface area contributed by atoms with Gasteiger partial charge in [0, 0.05) is 21.4 Å². The summed E-state index contributed by atoms with van der Waals surface area (Å²) in [5, 5.41) is 13.3. The maximum atomic E-state index is 13.1. The van der Waals surface area contributed by atoms with E-state index in [2.05, 4.69) is 21.2 Å². The Labute approximate surface area is 141 Å². The summed E-state index contributed by atoms with van der Waals surface area (Å²) in [7, 11) is 0. The van der Waals surface area contributed by atoms with Crippen LogP contribution in [-0.2, 0) is 0 Å². The zero-order valence-corrected chi connectivity index (χ0v) is 14.0. The number of nitro benzene ring substituents is 1. The van der Waals surface area contributed by atoms with E-state index in [0.29, 0.717) is 9.26 Å². The third-order valence-corrected chi connectivity index (χ3v) is 4.13. The van der Waals surface area contributed by atoms with Gasteiger partial charge in [0.2, 0.25) is 0 Å². The molecular formula is C13H7BrFIN2O3. The second-order valence-electron chi connectivity index (χ2n) is 4.00. The van der Waals surface area contributed by atoms with E-state index in [4.69, 9.17) is 0 Å². The molecule has 0 bridgehead atoms. The van der Waals surface area contributed by atoms with Crippen LogP contribution in [-0.4, -0.2) is 10.8 Å². The summed E-state index contributed by atoms with van der Waals surface area (Å²) < 4.78 is 13.9. The molecule has 2 rings (SSSR count). The molecule has 0 unspecified atom stereocenters. The molecule has 0 aliphatic carbocycles. The van der Waals surface area contributed by atoms with Gasteiger partial charge in [0.05, 0.1) is 15.0 Å². The molecule has 1 amide bonds. The number of non-ortho nitro benzene ring substituents is 1. The van der Waals surface area contributed by atoms with Crippen LogP contribution in [0.4, 0.5) is 15.8 Å². The van der Waals surface area contributed by atoms with Crippen LogP contribution in [0.2, 0.25) is 0 Å². The standard InChI is InChI=1S/C13H7BrFIN2O3/c14-10-5-7(1-3-11(10)15)17-13(19)9-6-8(18(20)21)2-4-12(9)16/h1-6H,(H,17,19). The number of nitro groups is 1.